The lowest BCUT2D eigenvalue weighted by atomic mass is 10.2. The lowest BCUT2D eigenvalue weighted by molar-refractivity contribution is -0.148. The van der Waals surface area contributed by atoms with Crippen LogP contribution in [-0.4, -0.2) is 18.0 Å². The number of carbonyl (C=O) groups is 2. The standard InChI is InChI=1S/C25H22FNO4/c1-18(31-24(28)16-11-20-9-5-6-10-23(20)26)25(29)27-21-12-14-22(15-13-21)30-17-19-7-3-2-4-8-19/h2-16,18H,17H2,1H3,(H,27,29)/b16-11+/t18-/m1/s1. The topological polar surface area (TPSA) is 64.6 Å². The fraction of sp³-hybridized carbons (Fsp3) is 0.120. The molecule has 5 nitrogen and oxygen atoms in total. The maximum Gasteiger partial charge on any atom is 0.331 e. The van der Waals surface area contributed by atoms with Gasteiger partial charge in [0.1, 0.15) is 18.2 Å². The van der Waals surface area contributed by atoms with Crippen LogP contribution in [0, 0.1) is 5.82 Å². The zero-order valence-electron chi connectivity index (χ0n) is 17.0. The fourth-order valence-corrected chi connectivity index (χ4v) is 2.65. The molecule has 1 N–H and O–H groups in total. The van der Waals surface area contributed by atoms with Gasteiger partial charge < -0.3 is 14.8 Å². The number of esters is 1. The molecule has 158 valence electrons. The molecule has 0 aliphatic heterocycles. The van der Waals surface area contributed by atoms with Crippen LogP contribution in [-0.2, 0) is 20.9 Å². The number of carbonyl (C=O) groups excluding carboxylic acids is 2. The average Bonchev–Trinajstić information content (AvgIpc) is 2.78. The first-order chi connectivity index (χ1) is 15.0. The Morgan fingerprint density at radius 3 is 2.35 bits per heavy atom. The minimum absolute atomic E-state index is 0.256. The Kier molecular flexibility index (Phi) is 7.54. The molecule has 0 bridgehead atoms. The first-order valence-corrected chi connectivity index (χ1v) is 9.72. The molecule has 0 radical (unpaired) electrons. The smallest absolute Gasteiger partial charge is 0.331 e. The molecule has 0 aliphatic rings. The van der Waals surface area contributed by atoms with E-state index in [1.165, 1.54) is 25.1 Å². The van der Waals surface area contributed by atoms with Crippen molar-refractivity contribution in [3.05, 3.63) is 102 Å². The van der Waals surface area contributed by atoms with Crippen molar-refractivity contribution in [2.24, 2.45) is 0 Å². The third-order valence-electron chi connectivity index (χ3n) is 4.34. The second-order valence-electron chi connectivity index (χ2n) is 6.72. The van der Waals surface area contributed by atoms with Gasteiger partial charge in [0.05, 0.1) is 0 Å². The molecule has 0 unspecified atom stereocenters. The molecule has 1 atom stereocenters. The summed E-state index contributed by atoms with van der Waals surface area (Å²) < 4.78 is 24.3. The van der Waals surface area contributed by atoms with Gasteiger partial charge in [0.15, 0.2) is 6.10 Å². The molecule has 31 heavy (non-hydrogen) atoms. The fourth-order valence-electron chi connectivity index (χ4n) is 2.65. The van der Waals surface area contributed by atoms with E-state index in [0.717, 1.165) is 11.6 Å². The van der Waals surface area contributed by atoms with Crippen molar-refractivity contribution in [1.29, 1.82) is 0 Å². The van der Waals surface area contributed by atoms with Crippen molar-refractivity contribution in [2.45, 2.75) is 19.6 Å². The summed E-state index contributed by atoms with van der Waals surface area (Å²) in [4.78, 5) is 24.2. The van der Waals surface area contributed by atoms with Gasteiger partial charge in [-0.3, -0.25) is 4.79 Å². The predicted octanol–water partition coefficient (Wildman–Crippen LogP) is 4.99. The lowest BCUT2D eigenvalue weighted by Crippen LogP contribution is -2.29. The molecule has 0 heterocycles. The van der Waals surface area contributed by atoms with Crippen LogP contribution in [0.25, 0.3) is 6.08 Å². The number of benzene rings is 3. The van der Waals surface area contributed by atoms with Crippen LogP contribution in [0.15, 0.2) is 84.9 Å². The van der Waals surface area contributed by atoms with E-state index < -0.39 is 23.8 Å². The highest BCUT2D eigenvalue weighted by Gasteiger charge is 2.16. The van der Waals surface area contributed by atoms with Crippen LogP contribution in [0.1, 0.15) is 18.1 Å². The van der Waals surface area contributed by atoms with Crippen LogP contribution >= 0.6 is 0 Å². The Morgan fingerprint density at radius 1 is 0.968 bits per heavy atom. The third-order valence-corrected chi connectivity index (χ3v) is 4.34. The van der Waals surface area contributed by atoms with E-state index in [0.29, 0.717) is 18.0 Å². The molecule has 0 aliphatic carbocycles. The quantitative estimate of drug-likeness (QED) is 0.413. The Labute approximate surface area is 180 Å². The zero-order chi connectivity index (χ0) is 22.1. The summed E-state index contributed by atoms with van der Waals surface area (Å²) in [6, 6.07) is 22.7. The largest absolute Gasteiger partial charge is 0.489 e. The number of amides is 1. The van der Waals surface area contributed by atoms with Crippen molar-refractivity contribution in [3.63, 3.8) is 0 Å². The Bertz CT molecular complexity index is 1050. The van der Waals surface area contributed by atoms with E-state index in [2.05, 4.69) is 5.32 Å². The van der Waals surface area contributed by atoms with Gasteiger partial charge in [0.2, 0.25) is 0 Å². The zero-order valence-corrected chi connectivity index (χ0v) is 17.0. The van der Waals surface area contributed by atoms with Gasteiger partial charge in [-0.05, 0) is 48.9 Å². The Morgan fingerprint density at radius 2 is 1.65 bits per heavy atom. The molecular weight excluding hydrogens is 397 g/mol. The van der Waals surface area contributed by atoms with Gasteiger partial charge in [0.25, 0.3) is 5.91 Å². The maximum absolute atomic E-state index is 13.6. The van der Waals surface area contributed by atoms with Crippen molar-refractivity contribution >= 4 is 23.6 Å². The van der Waals surface area contributed by atoms with E-state index in [9.17, 15) is 14.0 Å². The van der Waals surface area contributed by atoms with E-state index in [-0.39, 0.29) is 5.56 Å². The van der Waals surface area contributed by atoms with E-state index in [1.54, 1.807) is 36.4 Å². The predicted molar refractivity (Wildman–Crippen MR) is 117 cm³/mol. The molecule has 0 spiro atoms. The number of hydrogen-bond donors (Lipinski definition) is 1. The number of nitrogens with one attached hydrogen (secondary N) is 1. The van der Waals surface area contributed by atoms with Gasteiger partial charge in [0, 0.05) is 17.3 Å². The molecule has 0 saturated carbocycles. The van der Waals surface area contributed by atoms with E-state index in [4.69, 9.17) is 9.47 Å². The summed E-state index contributed by atoms with van der Waals surface area (Å²) in [5, 5.41) is 2.68. The molecule has 3 aromatic carbocycles. The molecule has 3 aromatic rings. The molecule has 0 aromatic heterocycles. The third kappa shape index (κ3) is 6.82. The summed E-state index contributed by atoms with van der Waals surface area (Å²) in [6.45, 7) is 1.90. The molecule has 6 heteroatoms. The second-order valence-corrected chi connectivity index (χ2v) is 6.72. The number of anilines is 1. The van der Waals surface area contributed by atoms with Crippen LogP contribution < -0.4 is 10.1 Å². The van der Waals surface area contributed by atoms with Crippen molar-refractivity contribution in [3.8, 4) is 5.75 Å². The summed E-state index contributed by atoms with van der Waals surface area (Å²) in [7, 11) is 0. The molecule has 0 saturated heterocycles. The second kappa shape index (κ2) is 10.7. The molecular formula is C25H22FNO4. The SMILES string of the molecule is C[C@@H](OC(=O)/C=C/c1ccccc1F)C(=O)Nc1ccc(OCc2ccccc2)cc1. The van der Waals surface area contributed by atoms with Crippen molar-refractivity contribution in [2.75, 3.05) is 5.32 Å². The number of ether oxygens (including phenoxy) is 2. The lowest BCUT2D eigenvalue weighted by Gasteiger charge is -2.13. The van der Waals surface area contributed by atoms with Gasteiger partial charge in [-0.25, -0.2) is 9.18 Å². The van der Waals surface area contributed by atoms with E-state index in [1.807, 2.05) is 30.3 Å². The highest BCUT2D eigenvalue weighted by Crippen LogP contribution is 2.17. The van der Waals surface area contributed by atoms with E-state index >= 15 is 0 Å². The summed E-state index contributed by atoms with van der Waals surface area (Å²) in [5.41, 5.74) is 1.85. The average molecular weight is 419 g/mol. The van der Waals surface area contributed by atoms with Crippen LogP contribution in [0.5, 0.6) is 5.75 Å². The minimum Gasteiger partial charge on any atom is -0.489 e. The summed E-state index contributed by atoms with van der Waals surface area (Å²) in [6.07, 6.45) is 1.36. The highest BCUT2D eigenvalue weighted by molar-refractivity contribution is 5.96. The number of rotatable bonds is 8. The highest BCUT2D eigenvalue weighted by atomic mass is 19.1. The minimum atomic E-state index is -1.02. The van der Waals surface area contributed by atoms with Crippen LogP contribution in [0.2, 0.25) is 0 Å². The van der Waals surface area contributed by atoms with Gasteiger partial charge in [-0.1, -0.05) is 48.5 Å². The van der Waals surface area contributed by atoms with Crippen LogP contribution in [0.4, 0.5) is 10.1 Å². The van der Waals surface area contributed by atoms with Gasteiger partial charge in [-0.15, -0.1) is 0 Å². The molecule has 1 amide bonds. The van der Waals surface area contributed by atoms with Crippen LogP contribution in [0.3, 0.4) is 0 Å². The van der Waals surface area contributed by atoms with Crippen molar-refractivity contribution < 1.29 is 23.5 Å². The summed E-state index contributed by atoms with van der Waals surface area (Å²) in [5.74, 6) is -1.01. The van der Waals surface area contributed by atoms with Gasteiger partial charge >= 0.3 is 5.97 Å². The van der Waals surface area contributed by atoms with Crippen molar-refractivity contribution in [1.82, 2.24) is 0 Å². The summed E-state index contributed by atoms with van der Waals surface area (Å²) >= 11 is 0. The Hall–Kier alpha value is -3.93. The molecule has 3 rings (SSSR count). The Balaban J connectivity index is 1.47. The monoisotopic (exact) mass is 419 g/mol. The molecule has 0 fully saturated rings. The number of hydrogen-bond acceptors (Lipinski definition) is 4. The maximum atomic E-state index is 13.6. The number of halogens is 1. The van der Waals surface area contributed by atoms with Gasteiger partial charge in [-0.2, -0.15) is 0 Å². The normalized spacial score (nSPS) is 11.7. The first-order valence-electron chi connectivity index (χ1n) is 9.72. The first kappa shape index (κ1) is 21.8.